The molecule has 0 atom stereocenters. The van der Waals surface area contributed by atoms with Crippen LogP contribution >= 0.6 is 11.3 Å². The fraction of sp³-hybridized carbons (Fsp3) is 0.545. The minimum absolute atomic E-state index is 0.149. The van der Waals surface area contributed by atoms with Crippen LogP contribution in [0, 0.1) is 0 Å². The van der Waals surface area contributed by atoms with Crippen molar-refractivity contribution < 1.29 is 13.2 Å². The van der Waals surface area contributed by atoms with Crippen molar-refractivity contribution in [2.24, 2.45) is 0 Å². The lowest BCUT2D eigenvalue weighted by Gasteiger charge is -2.30. The maximum absolute atomic E-state index is 11.9. The highest BCUT2D eigenvalue weighted by Crippen LogP contribution is 2.19. The quantitative estimate of drug-likeness (QED) is 0.902. The van der Waals surface area contributed by atoms with E-state index in [-0.39, 0.29) is 11.3 Å². The number of carbonyl (C=O) groups is 1. The lowest BCUT2D eigenvalue weighted by molar-refractivity contribution is 0.200. The van der Waals surface area contributed by atoms with Gasteiger partial charge in [0.15, 0.2) is 0 Å². The minimum Gasteiger partial charge on any atom is -0.324 e. The van der Waals surface area contributed by atoms with Gasteiger partial charge in [-0.1, -0.05) is 0 Å². The number of hydrogen-bond donors (Lipinski definition) is 1. The molecule has 5 nitrogen and oxygen atoms in total. The molecule has 0 spiro atoms. The first kappa shape index (κ1) is 13.4. The number of hydrogen-bond acceptors (Lipinski definition) is 4. The van der Waals surface area contributed by atoms with E-state index in [1.165, 1.54) is 17.6 Å². The summed E-state index contributed by atoms with van der Waals surface area (Å²) in [5, 5.41) is 5.20. The zero-order valence-corrected chi connectivity index (χ0v) is 11.8. The average Bonchev–Trinajstić information content (AvgIpc) is 2.81. The first-order valence-electron chi connectivity index (χ1n) is 5.75. The molecule has 1 N–H and O–H groups in total. The van der Waals surface area contributed by atoms with Gasteiger partial charge in [-0.05, 0) is 30.4 Å². The average molecular weight is 288 g/mol. The van der Waals surface area contributed by atoms with Crippen molar-refractivity contribution in [1.82, 2.24) is 4.90 Å². The third kappa shape index (κ3) is 3.23. The van der Waals surface area contributed by atoms with Crippen LogP contribution in [0.3, 0.4) is 0 Å². The fourth-order valence-electron chi connectivity index (χ4n) is 2.02. The van der Waals surface area contributed by atoms with Crippen molar-refractivity contribution >= 4 is 32.2 Å². The fourth-order valence-corrected chi connectivity index (χ4v) is 3.70. The third-order valence-corrected chi connectivity index (χ3v) is 5.55. The van der Waals surface area contributed by atoms with E-state index in [4.69, 9.17) is 0 Å². The monoisotopic (exact) mass is 288 g/mol. The highest BCUT2D eigenvalue weighted by atomic mass is 32.2. The molecule has 0 aliphatic carbocycles. The molecule has 2 heterocycles. The van der Waals surface area contributed by atoms with E-state index in [1.807, 2.05) is 17.5 Å². The number of nitrogens with zero attached hydrogens (tertiary/aromatic N) is 1. The van der Waals surface area contributed by atoms with Crippen LogP contribution in [-0.2, 0) is 9.84 Å². The van der Waals surface area contributed by atoms with Crippen LogP contribution in [0.4, 0.5) is 9.80 Å². The summed E-state index contributed by atoms with van der Waals surface area (Å²) < 4.78 is 22.8. The van der Waals surface area contributed by atoms with Crippen LogP contribution in [0.5, 0.6) is 0 Å². The molecular formula is C11H16N2O3S2. The summed E-state index contributed by atoms with van der Waals surface area (Å²) in [5.74, 6) is 0. The molecule has 1 fully saturated rings. The van der Waals surface area contributed by atoms with Gasteiger partial charge in [0.25, 0.3) is 0 Å². The van der Waals surface area contributed by atoms with Crippen LogP contribution in [0.15, 0.2) is 17.5 Å². The number of sulfone groups is 1. The molecule has 100 valence electrons. The minimum atomic E-state index is -2.98. The number of piperidine rings is 1. The molecule has 1 aromatic heterocycles. The van der Waals surface area contributed by atoms with Gasteiger partial charge in [0.1, 0.15) is 9.84 Å². The zero-order chi connectivity index (χ0) is 13.2. The number of rotatable bonds is 2. The molecule has 2 rings (SSSR count). The second kappa shape index (κ2) is 5.27. The molecule has 0 aromatic carbocycles. The number of thiophene rings is 1. The maximum Gasteiger partial charge on any atom is 0.322 e. The molecule has 0 saturated carbocycles. The number of nitrogens with one attached hydrogen (secondary N) is 1. The van der Waals surface area contributed by atoms with E-state index in [9.17, 15) is 13.2 Å². The highest BCUT2D eigenvalue weighted by Gasteiger charge is 2.28. The predicted molar refractivity (Wildman–Crippen MR) is 72.8 cm³/mol. The summed E-state index contributed by atoms with van der Waals surface area (Å²) in [6.45, 7) is 0.990. The molecule has 0 unspecified atom stereocenters. The summed E-state index contributed by atoms with van der Waals surface area (Å²) in [4.78, 5) is 13.6. The largest absolute Gasteiger partial charge is 0.324 e. The van der Waals surface area contributed by atoms with Gasteiger partial charge in [0.2, 0.25) is 0 Å². The number of urea groups is 1. The summed E-state index contributed by atoms with van der Waals surface area (Å²) in [5.41, 5.74) is 0. The van der Waals surface area contributed by atoms with Crippen LogP contribution in [-0.4, -0.2) is 43.9 Å². The van der Waals surface area contributed by atoms with Crippen molar-refractivity contribution in [3.8, 4) is 0 Å². The zero-order valence-electron chi connectivity index (χ0n) is 10.1. The Morgan fingerprint density at radius 3 is 2.61 bits per heavy atom. The van der Waals surface area contributed by atoms with E-state index in [0.29, 0.717) is 25.9 Å². The summed E-state index contributed by atoms with van der Waals surface area (Å²) in [6, 6.07) is 3.56. The second-order valence-electron chi connectivity index (χ2n) is 4.42. The van der Waals surface area contributed by atoms with Gasteiger partial charge < -0.3 is 4.90 Å². The molecule has 1 saturated heterocycles. The van der Waals surface area contributed by atoms with Gasteiger partial charge in [-0.25, -0.2) is 13.2 Å². The molecule has 2 amide bonds. The Balaban J connectivity index is 1.88. The van der Waals surface area contributed by atoms with Crippen molar-refractivity contribution in [3.63, 3.8) is 0 Å². The molecule has 0 radical (unpaired) electrons. The number of likely N-dealkylation sites (tertiary alicyclic amines) is 1. The molecule has 1 aromatic rings. The SMILES string of the molecule is CS(=O)(=O)C1CCN(C(=O)Nc2cccs2)CC1. The smallest absolute Gasteiger partial charge is 0.322 e. The van der Waals surface area contributed by atoms with E-state index >= 15 is 0 Å². The molecule has 7 heteroatoms. The first-order valence-corrected chi connectivity index (χ1v) is 8.58. The lowest BCUT2D eigenvalue weighted by atomic mass is 10.1. The van der Waals surface area contributed by atoms with E-state index < -0.39 is 9.84 Å². The van der Waals surface area contributed by atoms with E-state index in [0.717, 1.165) is 5.00 Å². The summed E-state index contributed by atoms with van der Waals surface area (Å²) >= 11 is 1.47. The Hall–Kier alpha value is -1.08. The lowest BCUT2D eigenvalue weighted by Crippen LogP contribution is -2.44. The maximum atomic E-state index is 11.9. The summed E-state index contributed by atoms with van der Waals surface area (Å²) in [6.07, 6.45) is 2.31. The van der Waals surface area contributed by atoms with Crippen LogP contribution in [0.1, 0.15) is 12.8 Å². The van der Waals surface area contributed by atoms with Gasteiger partial charge in [0.05, 0.1) is 10.3 Å². The Bertz CT molecular complexity index is 502. The van der Waals surface area contributed by atoms with Crippen molar-refractivity contribution in [2.45, 2.75) is 18.1 Å². The van der Waals surface area contributed by atoms with E-state index in [2.05, 4.69) is 5.32 Å². The molecule has 1 aliphatic heterocycles. The van der Waals surface area contributed by atoms with Gasteiger partial charge in [0, 0.05) is 19.3 Å². The van der Waals surface area contributed by atoms with Crippen LogP contribution < -0.4 is 5.32 Å². The first-order chi connectivity index (χ1) is 8.47. The topological polar surface area (TPSA) is 66.5 Å². The Kier molecular flexibility index (Phi) is 3.91. The van der Waals surface area contributed by atoms with Gasteiger partial charge in [-0.3, -0.25) is 5.32 Å². The van der Waals surface area contributed by atoms with Crippen LogP contribution in [0.2, 0.25) is 0 Å². The Labute approximate surface area is 111 Å². The van der Waals surface area contributed by atoms with E-state index in [1.54, 1.807) is 4.90 Å². The molecule has 1 aliphatic rings. The predicted octanol–water partition coefficient (Wildman–Crippen LogP) is 1.79. The van der Waals surface area contributed by atoms with Crippen molar-refractivity contribution in [1.29, 1.82) is 0 Å². The third-order valence-electron chi connectivity index (χ3n) is 3.09. The normalized spacial score (nSPS) is 17.7. The second-order valence-corrected chi connectivity index (χ2v) is 7.70. The molecule has 0 bridgehead atoms. The van der Waals surface area contributed by atoms with Gasteiger partial charge >= 0.3 is 6.03 Å². The van der Waals surface area contributed by atoms with Crippen molar-refractivity contribution in [2.75, 3.05) is 24.7 Å². The van der Waals surface area contributed by atoms with Gasteiger partial charge in [-0.15, -0.1) is 11.3 Å². The Morgan fingerprint density at radius 1 is 1.44 bits per heavy atom. The number of anilines is 1. The van der Waals surface area contributed by atoms with Crippen molar-refractivity contribution in [3.05, 3.63) is 17.5 Å². The number of amides is 2. The van der Waals surface area contributed by atoms with Crippen LogP contribution in [0.25, 0.3) is 0 Å². The van der Waals surface area contributed by atoms with Gasteiger partial charge in [-0.2, -0.15) is 0 Å². The molecule has 18 heavy (non-hydrogen) atoms. The number of carbonyl (C=O) groups excluding carboxylic acids is 1. The standard InChI is InChI=1S/C11H16N2O3S2/c1-18(15,16)9-4-6-13(7-5-9)11(14)12-10-3-2-8-17-10/h2-3,8-9H,4-7H2,1H3,(H,12,14). The Morgan fingerprint density at radius 2 is 2.11 bits per heavy atom. The summed E-state index contributed by atoms with van der Waals surface area (Å²) in [7, 11) is -2.98. The highest BCUT2D eigenvalue weighted by molar-refractivity contribution is 7.91. The molecular weight excluding hydrogens is 272 g/mol.